The number of hydrogen-bond donors (Lipinski definition) is 2. The number of aliphatic hydroxyl groups is 1. The van der Waals surface area contributed by atoms with Crippen molar-refractivity contribution in [2.45, 2.75) is 64.0 Å². The molecule has 2 rings (SSSR count). The highest BCUT2D eigenvalue weighted by atomic mass is 16.3. The van der Waals surface area contributed by atoms with Crippen molar-refractivity contribution < 1.29 is 5.11 Å². The molecule has 0 spiro atoms. The standard InChI is InChI=1S/C13H25NO/c1-13(2,15)9-14-12-5-3-4-11(8-12)10-6-7-10/h10-12,14-15H,3-9H2,1-2H3. The maximum atomic E-state index is 9.67. The van der Waals surface area contributed by atoms with Crippen LogP contribution in [0.5, 0.6) is 0 Å². The van der Waals surface area contributed by atoms with E-state index in [1.165, 1.54) is 38.5 Å². The van der Waals surface area contributed by atoms with E-state index in [-0.39, 0.29) is 0 Å². The maximum absolute atomic E-state index is 9.67. The summed E-state index contributed by atoms with van der Waals surface area (Å²) in [5.41, 5.74) is -0.563. The first-order valence-electron chi connectivity index (χ1n) is 6.50. The van der Waals surface area contributed by atoms with Crippen LogP contribution in [0.3, 0.4) is 0 Å². The highest BCUT2D eigenvalue weighted by Gasteiger charge is 2.34. The minimum Gasteiger partial charge on any atom is -0.389 e. The van der Waals surface area contributed by atoms with Crippen LogP contribution in [0.15, 0.2) is 0 Å². The van der Waals surface area contributed by atoms with E-state index in [1.54, 1.807) is 0 Å². The van der Waals surface area contributed by atoms with Crippen molar-refractivity contribution in [3.8, 4) is 0 Å². The van der Waals surface area contributed by atoms with E-state index in [4.69, 9.17) is 0 Å². The molecule has 0 saturated heterocycles. The molecule has 2 heteroatoms. The first kappa shape index (κ1) is 11.4. The van der Waals surface area contributed by atoms with Crippen LogP contribution in [-0.2, 0) is 0 Å². The molecule has 2 saturated carbocycles. The van der Waals surface area contributed by atoms with Crippen molar-refractivity contribution in [1.29, 1.82) is 0 Å². The summed E-state index contributed by atoms with van der Waals surface area (Å²) in [5.74, 6) is 2.04. The molecule has 2 fully saturated rings. The Morgan fingerprint density at radius 2 is 1.87 bits per heavy atom. The summed E-state index contributed by atoms with van der Waals surface area (Å²) in [4.78, 5) is 0. The van der Waals surface area contributed by atoms with Crippen LogP contribution >= 0.6 is 0 Å². The Bertz CT molecular complexity index is 205. The quantitative estimate of drug-likeness (QED) is 0.748. The molecule has 0 aliphatic heterocycles. The summed E-state index contributed by atoms with van der Waals surface area (Å²) >= 11 is 0. The van der Waals surface area contributed by atoms with E-state index in [9.17, 15) is 5.11 Å². The van der Waals surface area contributed by atoms with Crippen LogP contribution in [0.1, 0.15) is 52.4 Å². The Kier molecular flexibility index (Phi) is 3.36. The molecular weight excluding hydrogens is 186 g/mol. The van der Waals surface area contributed by atoms with Crippen molar-refractivity contribution in [2.24, 2.45) is 11.8 Å². The molecule has 88 valence electrons. The second-order valence-corrected chi connectivity index (χ2v) is 6.15. The molecule has 2 aliphatic rings. The molecule has 15 heavy (non-hydrogen) atoms. The maximum Gasteiger partial charge on any atom is 0.0715 e. The second kappa shape index (κ2) is 4.42. The normalized spacial score (nSPS) is 33.0. The SMILES string of the molecule is CC(C)(O)CNC1CCCC(C2CC2)C1. The summed E-state index contributed by atoms with van der Waals surface area (Å²) in [7, 11) is 0. The lowest BCUT2D eigenvalue weighted by atomic mass is 9.82. The van der Waals surface area contributed by atoms with Gasteiger partial charge in [-0.25, -0.2) is 0 Å². The fourth-order valence-electron chi connectivity index (χ4n) is 2.80. The molecule has 0 radical (unpaired) electrons. The first-order valence-corrected chi connectivity index (χ1v) is 6.50. The van der Waals surface area contributed by atoms with Gasteiger partial charge in [-0.3, -0.25) is 0 Å². The van der Waals surface area contributed by atoms with Crippen molar-refractivity contribution in [1.82, 2.24) is 5.32 Å². The zero-order valence-corrected chi connectivity index (χ0v) is 10.1. The van der Waals surface area contributed by atoms with E-state index >= 15 is 0 Å². The van der Waals surface area contributed by atoms with E-state index in [1.807, 2.05) is 13.8 Å². The fourth-order valence-corrected chi connectivity index (χ4v) is 2.80. The van der Waals surface area contributed by atoms with Crippen LogP contribution in [0.25, 0.3) is 0 Å². The molecule has 2 atom stereocenters. The summed E-state index contributed by atoms with van der Waals surface area (Å²) in [6.45, 7) is 4.48. The highest BCUT2D eigenvalue weighted by Crippen LogP contribution is 2.43. The van der Waals surface area contributed by atoms with Gasteiger partial charge in [0.05, 0.1) is 5.60 Å². The van der Waals surface area contributed by atoms with Crippen molar-refractivity contribution in [2.75, 3.05) is 6.54 Å². The van der Waals surface area contributed by atoms with Crippen LogP contribution in [0, 0.1) is 11.8 Å². The molecule has 0 heterocycles. The van der Waals surface area contributed by atoms with E-state index in [0.717, 1.165) is 18.4 Å². The molecule has 2 nitrogen and oxygen atoms in total. The Labute approximate surface area is 93.5 Å². The van der Waals surface area contributed by atoms with E-state index in [0.29, 0.717) is 6.04 Å². The van der Waals surface area contributed by atoms with Crippen LogP contribution in [0.2, 0.25) is 0 Å². The summed E-state index contributed by atoms with van der Waals surface area (Å²) in [6.07, 6.45) is 8.43. The third kappa shape index (κ3) is 3.76. The summed E-state index contributed by atoms with van der Waals surface area (Å²) < 4.78 is 0. The van der Waals surface area contributed by atoms with Gasteiger partial charge in [0, 0.05) is 12.6 Å². The predicted octanol–water partition coefficient (Wildman–Crippen LogP) is 2.32. The van der Waals surface area contributed by atoms with Gasteiger partial charge in [-0.15, -0.1) is 0 Å². The lowest BCUT2D eigenvalue weighted by molar-refractivity contribution is 0.0725. The lowest BCUT2D eigenvalue weighted by Gasteiger charge is -2.31. The Morgan fingerprint density at radius 3 is 2.47 bits per heavy atom. The largest absolute Gasteiger partial charge is 0.389 e. The van der Waals surface area contributed by atoms with Gasteiger partial charge in [-0.05, 0) is 51.4 Å². The van der Waals surface area contributed by atoms with Gasteiger partial charge < -0.3 is 10.4 Å². The Balaban J connectivity index is 1.72. The van der Waals surface area contributed by atoms with Gasteiger partial charge in [0.25, 0.3) is 0 Å². The van der Waals surface area contributed by atoms with Crippen LogP contribution < -0.4 is 5.32 Å². The topological polar surface area (TPSA) is 32.3 Å². The predicted molar refractivity (Wildman–Crippen MR) is 62.8 cm³/mol. The molecule has 0 aromatic heterocycles. The highest BCUT2D eigenvalue weighted by molar-refractivity contribution is 4.88. The summed E-state index contributed by atoms with van der Waals surface area (Å²) in [5, 5.41) is 13.2. The van der Waals surface area contributed by atoms with E-state index < -0.39 is 5.60 Å². The average molecular weight is 211 g/mol. The molecule has 0 aromatic carbocycles. The van der Waals surface area contributed by atoms with Crippen LogP contribution in [0.4, 0.5) is 0 Å². The molecule has 2 N–H and O–H groups in total. The Morgan fingerprint density at radius 1 is 1.13 bits per heavy atom. The zero-order chi connectivity index (χ0) is 10.9. The smallest absolute Gasteiger partial charge is 0.0715 e. The minimum absolute atomic E-state index is 0.563. The van der Waals surface area contributed by atoms with Gasteiger partial charge in [-0.1, -0.05) is 12.8 Å². The van der Waals surface area contributed by atoms with Gasteiger partial charge in [0.15, 0.2) is 0 Å². The third-order valence-electron chi connectivity index (χ3n) is 3.83. The number of rotatable bonds is 4. The van der Waals surface area contributed by atoms with Gasteiger partial charge >= 0.3 is 0 Å². The van der Waals surface area contributed by atoms with Gasteiger partial charge in [0.2, 0.25) is 0 Å². The lowest BCUT2D eigenvalue weighted by Crippen LogP contribution is -2.42. The molecule has 2 unspecified atom stereocenters. The van der Waals surface area contributed by atoms with Crippen molar-refractivity contribution >= 4 is 0 Å². The van der Waals surface area contributed by atoms with Crippen molar-refractivity contribution in [3.05, 3.63) is 0 Å². The minimum atomic E-state index is -0.563. The number of hydrogen-bond acceptors (Lipinski definition) is 2. The van der Waals surface area contributed by atoms with Gasteiger partial charge in [-0.2, -0.15) is 0 Å². The monoisotopic (exact) mass is 211 g/mol. The fraction of sp³-hybridized carbons (Fsp3) is 1.00. The Hall–Kier alpha value is -0.0800. The third-order valence-corrected chi connectivity index (χ3v) is 3.83. The van der Waals surface area contributed by atoms with Crippen molar-refractivity contribution in [3.63, 3.8) is 0 Å². The molecule has 0 bridgehead atoms. The zero-order valence-electron chi connectivity index (χ0n) is 10.1. The molecule has 0 aromatic rings. The number of nitrogens with one attached hydrogen (secondary N) is 1. The second-order valence-electron chi connectivity index (χ2n) is 6.15. The molecule has 0 amide bonds. The summed E-state index contributed by atoms with van der Waals surface area (Å²) in [6, 6.07) is 0.663. The van der Waals surface area contributed by atoms with Gasteiger partial charge in [0.1, 0.15) is 0 Å². The average Bonchev–Trinajstić information content (AvgIpc) is 2.97. The van der Waals surface area contributed by atoms with Crippen LogP contribution in [-0.4, -0.2) is 23.3 Å². The molecule has 2 aliphatic carbocycles. The molecular formula is C13H25NO. The van der Waals surface area contributed by atoms with E-state index in [2.05, 4.69) is 5.32 Å². The first-order chi connectivity index (χ1) is 7.04.